The standard InChI is InChI=1S/C22H30N2O4/c1-26-20-7-9-22(10-8-20)28-18-19(25)17-24-13-11-23(12-14-24)15-16-27-21-5-3-2-4-6-21/h2-10,19,25H,11-18H2,1H3. The summed E-state index contributed by atoms with van der Waals surface area (Å²) in [6, 6.07) is 17.3. The average Bonchev–Trinajstić information content (AvgIpc) is 2.75. The van der Waals surface area contributed by atoms with Crippen molar-refractivity contribution in [2.24, 2.45) is 0 Å². The minimum absolute atomic E-state index is 0.289. The Morgan fingerprint density at radius 3 is 2.11 bits per heavy atom. The Labute approximate surface area is 167 Å². The lowest BCUT2D eigenvalue weighted by molar-refractivity contribution is 0.0436. The second kappa shape index (κ2) is 10.9. The summed E-state index contributed by atoms with van der Waals surface area (Å²) in [6.07, 6.45) is -0.505. The van der Waals surface area contributed by atoms with Gasteiger partial charge in [-0.25, -0.2) is 0 Å². The zero-order chi connectivity index (χ0) is 19.6. The number of methoxy groups -OCH3 is 1. The van der Waals surface area contributed by atoms with Gasteiger partial charge in [0.25, 0.3) is 0 Å². The molecule has 1 aliphatic heterocycles. The van der Waals surface area contributed by atoms with Crippen molar-refractivity contribution in [1.82, 2.24) is 9.80 Å². The van der Waals surface area contributed by atoms with Crippen LogP contribution in [0.15, 0.2) is 54.6 Å². The summed E-state index contributed by atoms with van der Waals surface area (Å²) in [5.74, 6) is 2.45. The van der Waals surface area contributed by atoms with Crippen molar-refractivity contribution < 1.29 is 19.3 Å². The molecular formula is C22H30N2O4. The number of hydrogen-bond acceptors (Lipinski definition) is 6. The predicted molar refractivity (Wildman–Crippen MR) is 109 cm³/mol. The second-order valence-electron chi connectivity index (χ2n) is 6.94. The van der Waals surface area contributed by atoms with Gasteiger partial charge in [0.1, 0.15) is 36.6 Å². The van der Waals surface area contributed by atoms with Crippen LogP contribution in [0.1, 0.15) is 0 Å². The molecular weight excluding hydrogens is 356 g/mol. The molecule has 3 rings (SSSR count). The average molecular weight is 386 g/mol. The lowest BCUT2D eigenvalue weighted by atomic mass is 10.2. The molecule has 0 aliphatic carbocycles. The van der Waals surface area contributed by atoms with E-state index in [0.717, 1.165) is 50.0 Å². The van der Waals surface area contributed by atoms with Crippen LogP contribution in [0.2, 0.25) is 0 Å². The number of rotatable bonds is 10. The molecule has 1 aliphatic rings. The summed E-state index contributed by atoms with van der Waals surface area (Å²) in [7, 11) is 1.63. The second-order valence-corrected chi connectivity index (χ2v) is 6.94. The first-order valence-electron chi connectivity index (χ1n) is 9.80. The molecule has 1 N–H and O–H groups in total. The zero-order valence-corrected chi connectivity index (χ0v) is 16.5. The predicted octanol–water partition coefficient (Wildman–Crippen LogP) is 2.13. The lowest BCUT2D eigenvalue weighted by Crippen LogP contribution is -2.50. The maximum Gasteiger partial charge on any atom is 0.119 e. The van der Waals surface area contributed by atoms with E-state index >= 15 is 0 Å². The summed E-state index contributed by atoms with van der Waals surface area (Å²) >= 11 is 0. The molecule has 6 nitrogen and oxygen atoms in total. The van der Waals surface area contributed by atoms with E-state index in [1.165, 1.54) is 0 Å². The number of para-hydroxylation sites is 1. The number of aliphatic hydroxyl groups excluding tert-OH is 1. The van der Waals surface area contributed by atoms with Gasteiger partial charge in [-0.05, 0) is 36.4 Å². The normalized spacial score (nSPS) is 16.5. The summed E-state index contributed by atoms with van der Waals surface area (Å²) in [5, 5.41) is 10.3. The van der Waals surface area contributed by atoms with Crippen LogP contribution in [0, 0.1) is 0 Å². The summed E-state index contributed by atoms with van der Waals surface area (Å²) < 4.78 is 16.6. The third-order valence-corrected chi connectivity index (χ3v) is 4.86. The first-order valence-corrected chi connectivity index (χ1v) is 9.80. The van der Waals surface area contributed by atoms with E-state index in [1.54, 1.807) is 7.11 Å². The van der Waals surface area contributed by atoms with Gasteiger partial charge in [-0.15, -0.1) is 0 Å². The minimum atomic E-state index is -0.505. The Morgan fingerprint density at radius 2 is 1.43 bits per heavy atom. The van der Waals surface area contributed by atoms with Crippen molar-refractivity contribution in [1.29, 1.82) is 0 Å². The zero-order valence-electron chi connectivity index (χ0n) is 16.5. The monoisotopic (exact) mass is 386 g/mol. The highest BCUT2D eigenvalue weighted by molar-refractivity contribution is 5.31. The van der Waals surface area contributed by atoms with Crippen LogP contribution in [0.25, 0.3) is 0 Å². The minimum Gasteiger partial charge on any atom is -0.497 e. The highest BCUT2D eigenvalue weighted by Crippen LogP contribution is 2.17. The molecule has 6 heteroatoms. The third kappa shape index (κ3) is 6.71. The van der Waals surface area contributed by atoms with Crippen molar-refractivity contribution >= 4 is 0 Å². The van der Waals surface area contributed by atoms with Crippen molar-refractivity contribution in [2.45, 2.75) is 6.10 Å². The van der Waals surface area contributed by atoms with Gasteiger partial charge in [0, 0.05) is 39.3 Å². The van der Waals surface area contributed by atoms with Gasteiger partial charge in [-0.1, -0.05) is 18.2 Å². The molecule has 1 heterocycles. The van der Waals surface area contributed by atoms with Gasteiger partial charge < -0.3 is 19.3 Å². The smallest absolute Gasteiger partial charge is 0.119 e. The van der Waals surface area contributed by atoms with Crippen LogP contribution in [-0.4, -0.2) is 80.6 Å². The van der Waals surface area contributed by atoms with Gasteiger partial charge in [0.15, 0.2) is 0 Å². The van der Waals surface area contributed by atoms with Crippen LogP contribution in [-0.2, 0) is 0 Å². The Hall–Kier alpha value is -2.28. The fraction of sp³-hybridized carbons (Fsp3) is 0.455. The van der Waals surface area contributed by atoms with Crippen molar-refractivity contribution in [3.63, 3.8) is 0 Å². The Morgan fingerprint density at radius 1 is 0.821 bits per heavy atom. The SMILES string of the molecule is COc1ccc(OCC(O)CN2CCN(CCOc3ccccc3)CC2)cc1. The molecule has 0 spiro atoms. The van der Waals surface area contributed by atoms with Crippen LogP contribution < -0.4 is 14.2 Å². The number of nitrogens with zero attached hydrogens (tertiary/aromatic N) is 2. The van der Waals surface area contributed by atoms with Gasteiger partial charge >= 0.3 is 0 Å². The first-order chi connectivity index (χ1) is 13.7. The van der Waals surface area contributed by atoms with Crippen molar-refractivity contribution in [2.75, 3.05) is 59.6 Å². The van der Waals surface area contributed by atoms with Crippen molar-refractivity contribution in [3.05, 3.63) is 54.6 Å². The number of hydrogen-bond donors (Lipinski definition) is 1. The highest BCUT2D eigenvalue weighted by atomic mass is 16.5. The number of benzene rings is 2. The molecule has 0 radical (unpaired) electrons. The quantitative estimate of drug-likeness (QED) is 0.675. The number of ether oxygens (including phenoxy) is 3. The molecule has 0 saturated carbocycles. The van der Waals surface area contributed by atoms with Crippen LogP contribution >= 0.6 is 0 Å². The topological polar surface area (TPSA) is 54.4 Å². The Balaban J connectivity index is 1.29. The molecule has 0 amide bonds. The number of piperazine rings is 1. The van der Waals surface area contributed by atoms with Gasteiger partial charge in [0.05, 0.1) is 7.11 Å². The molecule has 28 heavy (non-hydrogen) atoms. The van der Waals surface area contributed by atoms with E-state index in [9.17, 15) is 5.11 Å². The molecule has 2 aromatic rings. The maximum absolute atomic E-state index is 10.3. The fourth-order valence-electron chi connectivity index (χ4n) is 3.22. The van der Waals surface area contributed by atoms with E-state index in [0.29, 0.717) is 13.2 Å². The number of aliphatic hydroxyl groups is 1. The van der Waals surface area contributed by atoms with Crippen LogP contribution in [0.4, 0.5) is 0 Å². The largest absolute Gasteiger partial charge is 0.497 e. The summed E-state index contributed by atoms with van der Waals surface area (Å²) in [5.41, 5.74) is 0. The van der Waals surface area contributed by atoms with Crippen LogP contribution in [0.5, 0.6) is 17.2 Å². The molecule has 1 saturated heterocycles. The van der Waals surface area contributed by atoms with Gasteiger partial charge in [-0.3, -0.25) is 9.80 Å². The molecule has 152 valence electrons. The van der Waals surface area contributed by atoms with Gasteiger partial charge in [-0.2, -0.15) is 0 Å². The molecule has 1 unspecified atom stereocenters. The molecule has 1 atom stereocenters. The molecule has 2 aromatic carbocycles. The molecule has 0 bridgehead atoms. The lowest BCUT2D eigenvalue weighted by Gasteiger charge is -2.35. The van der Waals surface area contributed by atoms with E-state index in [4.69, 9.17) is 14.2 Å². The Kier molecular flexibility index (Phi) is 7.96. The molecule has 1 fully saturated rings. The Bertz CT molecular complexity index is 673. The fourth-order valence-corrected chi connectivity index (χ4v) is 3.22. The van der Waals surface area contributed by atoms with E-state index in [1.807, 2.05) is 54.6 Å². The first kappa shape index (κ1) is 20.5. The number of β-amino-alcohol motifs (C(OH)–C–C–N with tert-alkyl or cyclic N) is 1. The maximum atomic E-state index is 10.3. The van der Waals surface area contributed by atoms with E-state index in [-0.39, 0.29) is 6.61 Å². The van der Waals surface area contributed by atoms with E-state index in [2.05, 4.69) is 9.80 Å². The summed E-state index contributed by atoms with van der Waals surface area (Å²) in [6.45, 7) is 6.42. The highest BCUT2D eigenvalue weighted by Gasteiger charge is 2.19. The third-order valence-electron chi connectivity index (χ3n) is 4.86. The molecule has 0 aromatic heterocycles. The van der Waals surface area contributed by atoms with Crippen LogP contribution in [0.3, 0.4) is 0 Å². The van der Waals surface area contributed by atoms with Crippen molar-refractivity contribution in [3.8, 4) is 17.2 Å². The summed E-state index contributed by atoms with van der Waals surface area (Å²) in [4.78, 5) is 4.69. The van der Waals surface area contributed by atoms with Gasteiger partial charge in [0.2, 0.25) is 0 Å². The van der Waals surface area contributed by atoms with E-state index < -0.39 is 6.10 Å².